The van der Waals surface area contributed by atoms with Gasteiger partial charge in [-0.05, 0) is 16.8 Å². The minimum Gasteiger partial charge on any atom is -0.545 e. The third kappa shape index (κ3) is 2.41. The van der Waals surface area contributed by atoms with E-state index in [9.17, 15) is 15.0 Å². The van der Waals surface area contributed by atoms with E-state index in [1.54, 1.807) is 30.3 Å². The first kappa shape index (κ1) is 12.7. The summed E-state index contributed by atoms with van der Waals surface area (Å²) >= 11 is 0. The van der Waals surface area contributed by atoms with Crippen molar-refractivity contribution < 1.29 is 66.4 Å². The topological polar surface area (TPSA) is 60.4 Å². The fraction of sp³-hybridized carbons (Fsp3) is 0. The molecule has 1 N–H and O–H groups in total. The van der Waals surface area contributed by atoms with Gasteiger partial charge in [0.15, 0.2) is 0 Å². The second-order valence-corrected chi connectivity index (χ2v) is 2.97. The van der Waals surface area contributed by atoms with Crippen molar-refractivity contribution in [3.05, 3.63) is 42.0 Å². The Labute approximate surface area is 129 Å². The molecule has 0 amide bonds. The molecule has 4 heteroatoms. The van der Waals surface area contributed by atoms with Gasteiger partial charge in [0.2, 0.25) is 0 Å². The van der Waals surface area contributed by atoms with Crippen molar-refractivity contribution in [3.63, 3.8) is 0 Å². The summed E-state index contributed by atoms with van der Waals surface area (Å²) in [5.74, 6) is -1.62. The van der Waals surface area contributed by atoms with Crippen LogP contribution in [0, 0.1) is 0 Å². The molecule has 0 saturated heterocycles. The van der Waals surface area contributed by atoms with Crippen molar-refractivity contribution in [2.45, 2.75) is 0 Å². The van der Waals surface area contributed by atoms with Gasteiger partial charge in [-0.3, -0.25) is 0 Å². The zero-order valence-electron chi connectivity index (χ0n) is 8.23. The average Bonchev–Trinajstić information content (AvgIpc) is 2.17. The quantitative estimate of drug-likeness (QED) is 0.567. The van der Waals surface area contributed by atoms with E-state index in [4.69, 9.17) is 0 Å². The normalized spacial score (nSPS) is 9.60. The van der Waals surface area contributed by atoms with Crippen LogP contribution in [-0.2, 0) is 0 Å². The van der Waals surface area contributed by atoms with Gasteiger partial charge < -0.3 is 15.0 Å². The maximum Gasteiger partial charge on any atom is 1.00 e. The Balaban J connectivity index is 0.00000112. The molecule has 2 aromatic rings. The fourth-order valence-corrected chi connectivity index (χ4v) is 1.47. The Hall–Kier alpha value is -0.394. The monoisotopic (exact) mass is 226 g/mol. The molecule has 0 atom stereocenters. The van der Waals surface area contributed by atoms with Gasteiger partial charge in [0, 0.05) is 5.56 Å². The first-order valence-electron chi connectivity index (χ1n) is 4.12. The summed E-state index contributed by atoms with van der Waals surface area (Å²) in [6.07, 6.45) is 0. The zero-order chi connectivity index (χ0) is 10.1. The first-order chi connectivity index (χ1) is 6.70. The third-order valence-corrected chi connectivity index (χ3v) is 2.11. The molecular formula is C11H7KO3. The van der Waals surface area contributed by atoms with Crippen LogP contribution < -0.4 is 56.5 Å². The Morgan fingerprint density at radius 2 is 1.80 bits per heavy atom. The second kappa shape index (κ2) is 5.09. The Morgan fingerprint density at radius 1 is 1.13 bits per heavy atom. The largest absolute Gasteiger partial charge is 1.00 e. The number of aromatic carboxylic acids is 1. The van der Waals surface area contributed by atoms with Crippen LogP contribution in [-0.4, -0.2) is 11.1 Å². The van der Waals surface area contributed by atoms with Crippen molar-refractivity contribution in [1.82, 2.24) is 0 Å². The van der Waals surface area contributed by atoms with Crippen molar-refractivity contribution in [2.24, 2.45) is 0 Å². The molecule has 0 aliphatic heterocycles. The summed E-state index contributed by atoms with van der Waals surface area (Å²) in [7, 11) is 0. The van der Waals surface area contributed by atoms with E-state index in [2.05, 4.69) is 0 Å². The predicted molar refractivity (Wildman–Crippen MR) is 49.9 cm³/mol. The van der Waals surface area contributed by atoms with E-state index in [-0.39, 0.29) is 62.7 Å². The molecule has 15 heavy (non-hydrogen) atoms. The molecule has 0 spiro atoms. The Bertz CT molecular complexity index is 508. The van der Waals surface area contributed by atoms with Gasteiger partial charge in [-0.25, -0.2) is 0 Å². The minimum atomic E-state index is -1.36. The van der Waals surface area contributed by atoms with Gasteiger partial charge in [0.25, 0.3) is 0 Å². The van der Waals surface area contributed by atoms with E-state index in [1.165, 1.54) is 6.07 Å². The molecule has 3 nitrogen and oxygen atoms in total. The van der Waals surface area contributed by atoms with Crippen molar-refractivity contribution >= 4 is 16.7 Å². The van der Waals surface area contributed by atoms with Crippen molar-refractivity contribution in [2.75, 3.05) is 0 Å². The molecule has 0 aliphatic rings. The van der Waals surface area contributed by atoms with Crippen LogP contribution in [0.5, 0.6) is 5.75 Å². The minimum absolute atomic E-state index is 0. The van der Waals surface area contributed by atoms with Crippen LogP contribution in [0.15, 0.2) is 36.4 Å². The number of carboxylic acids is 1. The molecule has 2 aromatic carbocycles. The maximum absolute atomic E-state index is 10.8. The molecule has 0 aliphatic carbocycles. The van der Waals surface area contributed by atoms with Gasteiger partial charge >= 0.3 is 51.4 Å². The Morgan fingerprint density at radius 3 is 2.47 bits per heavy atom. The summed E-state index contributed by atoms with van der Waals surface area (Å²) in [6.45, 7) is 0. The fourth-order valence-electron chi connectivity index (χ4n) is 1.47. The molecule has 0 bridgehead atoms. The number of hydrogen-bond acceptors (Lipinski definition) is 3. The Kier molecular flexibility index (Phi) is 4.30. The van der Waals surface area contributed by atoms with E-state index in [0.29, 0.717) is 5.39 Å². The number of benzene rings is 2. The summed E-state index contributed by atoms with van der Waals surface area (Å²) in [5.41, 5.74) is -0.150. The molecule has 0 fully saturated rings. The molecule has 0 aromatic heterocycles. The summed E-state index contributed by atoms with van der Waals surface area (Å²) < 4.78 is 0. The molecule has 70 valence electrons. The summed E-state index contributed by atoms with van der Waals surface area (Å²) in [5, 5.41) is 21.4. The molecule has 0 saturated carbocycles. The van der Waals surface area contributed by atoms with E-state index < -0.39 is 5.97 Å². The van der Waals surface area contributed by atoms with Gasteiger partial charge in [-0.1, -0.05) is 30.3 Å². The van der Waals surface area contributed by atoms with Crippen molar-refractivity contribution in [3.8, 4) is 5.75 Å². The SMILES string of the molecule is O=C([O-])c1c(O)ccc2ccccc12.[K+]. The van der Waals surface area contributed by atoms with Gasteiger partial charge in [0.05, 0.1) is 5.97 Å². The van der Waals surface area contributed by atoms with Crippen LogP contribution in [0.3, 0.4) is 0 Å². The van der Waals surface area contributed by atoms with Gasteiger partial charge in [0.1, 0.15) is 5.75 Å². The smallest absolute Gasteiger partial charge is 0.545 e. The zero-order valence-corrected chi connectivity index (χ0v) is 11.4. The maximum atomic E-state index is 10.8. The molecular weight excluding hydrogens is 219 g/mol. The second-order valence-electron chi connectivity index (χ2n) is 2.97. The number of carboxylic acid groups (broad SMARTS) is 1. The molecule has 0 heterocycles. The van der Waals surface area contributed by atoms with Gasteiger partial charge in [-0.15, -0.1) is 0 Å². The average molecular weight is 226 g/mol. The van der Waals surface area contributed by atoms with Crippen LogP contribution >= 0.6 is 0 Å². The first-order valence-corrected chi connectivity index (χ1v) is 4.12. The van der Waals surface area contributed by atoms with E-state index >= 15 is 0 Å². The van der Waals surface area contributed by atoms with Crippen LogP contribution in [0.25, 0.3) is 10.8 Å². The van der Waals surface area contributed by atoms with E-state index in [0.717, 1.165) is 5.39 Å². The van der Waals surface area contributed by atoms with E-state index in [1.807, 2.05) is 0 Å². The number of phenols is 1. The number of carbonyl (C=O) groups is 1. The molecule has 2 rings (SSSR count). The summed E-state index contributed by atoms with van der Waals surface area (Å²) in [6, 6.07) is 9.96. The van der Waals surface area contributed by atoms with Gasteiger partial charge in [-0.2, -0.15) is 0 Å². The molecule has 0 unspecified atom stereocenters. The number of hydrogen-bond donors (Lipinski definition) is 1. The van der Waals surface area contributed by atoms with Crippen LogP contribution in [0.1, 0.15) is 10.4 Å². The molecule has 0 radical (unpaired) electrons. The third-order valence-electron chi connectivity index (χ3n) is 2.11. The number of aromatic hydroxyl groups is 1. The number of rotatable bonds is 1. The van der Waals surface area contributed by atoms with Crippen LogP contribution in [0.4, 0.5) is 0 Å². The summed E-state index contributed by atoms with van der Waals surface area (Å²) in [4.78, 5) is 10.8. The number of carbonyl (C=O) groups excluding carboxylic acids is 1. The predicted octanol–water partition coefficient (Wildman–Crippen LogP) is -2.09. The van der Waals surface area contributed by atoms with Crippen LogP contribution in [0.2, 0.25) is 0 Å². The number of fused-ring (bicyclic) bond motifs is 1. The standard InChI is InChI=1S/C11H8O3.K/c12-9-6-5-7-3-1-2-4-8(7)10(9)11(13)14;/h1-6,12H,(H,13,14);/q;+1/p-1. The van der Waals surface area contributed by atoms with Crippen molar-refractivity contribution in [1.29, 1.82) is 0 Å².